The number of benzene rings is 1. The number of hydrogen-bond acceptors (Lipinski definition) is 6. The van der Waals surface area contributed by atoms with Crippen molar-refractivity contribution in [2.75, 3.05) is 19.6 Å². The van der Waals surface area contributed by atoms with Gasteiger partial charge in [0.2, 0.25) is 0 Å². The Labute approximate surface area is 178 Å². The molecule has 1 aliphatic heterocycles. The summed E-state index contributed by atoms with van der Waals surface area (Å²) in [5.41, 5.74) is 1.73. The molecule has 1 atom stereocenters. The molecule has 6 nitrogen and oxygen atoms in total. The number of carbonyl (C=O) groups excluding carboxylic acids is 1. The largest absolute Gasteiger partial charge is 0.328 e. The Morgan fingerprint density at radius 3 is 2.82 bits per heavy atom. The number of halogens is 2. The van der Waals surface area contributed by atoms with E-state index in [2.05, 4.69) is 20.3 Å². The molecule has 1 aliphatic rings. The second-order valence-electron chi connectivity index (χ2n) is 6.28. The second-order valence-corrected chi connectivity index (χ2v) is 7.71. The van der Waals surface area contributed by atoms with Crippen LogP contribution in [0.3, 0.4) is 0 Å². The van der Waals surface area contributed by atoms with Crippen LogP contribution in [-0.2, 0) is 0 Å². The fourth-order valence-corrected chi connectivity index (χ4v) is 4.36. The summed E-state index contributed by atoms with van der Waals surface area (Å²) < 4.78 is 0. The van der Waals surface area contributed by atoms with Crippen LogP contribution in [0.15, 0.2) is 42.7 Å². The number of amides is 1. The zero-order valence-electron chi connectivity index (χ0n) is 15.1. The van der Waals surface area contributed by atoms with Gasteiger partial charge in [-0.25, -0.2) is 15.0 Å². The summed E-state index contributed by atoms with van der Waals surface area (Å²) >= 11 is 7.50. The van der Waals surface area contributed by atoms with Crippen LogP contribution in [0.1, 0.15) is 27.0 Å². The number of aromatic nitrogens is 3. The Bertz CT molecular complexity index is 966. The number of thiazole rings is 1. The van der Waals surface area contributed by atoms with E-state index in [0.717, 1.165) is 12.1 Å². The Morgan fingerprint density at radius 2 is 2.07 bits per heavy atom. The highest BCUT2D eigenvalue weighted by Crippen LogP contribution is 2.31. The zero-order chi connectivity index (χ0) is 18.8. The third-order valence-electron chi connectivity index (χ3n) is 4.49. The van der Waals surface area contributed by atoms with E-state index in [0.29, 0.717) is 39.5 Å². The number of carbonyl (C=O) groups is 1. The van der Waals surface area contributed by atoms with E-state index in [9.17, 15) is 4.79 Å². The maximum atomic E-state index is 13.3. The lowest BCUT2D eigenvalue weighted by atomic mass is 10.0. The van der Waals surface area contributed by atoms with Gasteiger partial charge in [-0.05, 0) is 30.7 Å². The van der Waals surface area contributed by atoms with Crippen LogP contribution in [0.5, 0.6) is 0 Å². The molecule has 0 radical (unpaired) electrons. The number of rotatable bonds is 3. The van der Waals surface area contributed by atoms with E-state index in [1.165, 1.54) is 11.3 Å². The first-order chi connectivity index (χ1) is 13.1. The van der Waals surface area contributed by atoms with Crippen LogP contribution in [0.25, 0.3) is 10.8 Å². The molecule has 9 heteroatoms. The van der Waals surface area contributed by atoms with Gasteiger partial charge in [0, 0.05) is 37.1 Å². The summed E-state index contributed by atoms with van der Waals surface area (Å²) in [6, 6.07) is 9.37. The first kappa shape index (κ1) is 20.7. The quantitative estimate of drug-likeness (QED) is 0.677. The highest BCUT2D eigenvalue weighted by molar-refractivity contribution is 7.17. The molecule has 3 heterocycles. The van der Waals surface area contributed by atoms with Gasteiger partial charge in [0.1, 0.15) is 4.88 Å². The van der Waals surface area contributed by atoms with E-state index in [-0.39, 0.29) is 24.4 Å². The van der Waals surface area contributed by atoms with Crippen molar-refractivity contribution >= 4 is 41.3 Å². The molecule has 4 rings (SSSR count). The Morgan fingerprint density at radius 1 is 1.29 bits per heavy atom. The van der Waals surface area contributed by atoms with Crippen LogP contribution >= 0.6 is 35.3 Å². The predicted octanol–water partition coefficient (Wildman–Crippen LogP) is 3.77. The smallest absolute Gasteiger partial charge is 0.266 e. The van der Waals surface area contributed by atoms with Crippen molar-refractivity contribution in [3.8, 4) is 10.8 Å². The standard InChI is InChI=1S/C19H18ClN5OS.ClH/c1-12-16(27-18(24-12)17-22-6-3-7-23-17)19(26)25-9-8-21-11-15(25)13-4-2-5-14(20)10-13;/h2-7,10,15,21H,8-9,11H2,1H3;1H. The third-order valence-corrected chi connectivity index (χ3v) is 5.86. The summed E-state index contributed by atoms with van der Waals surface area (Å²) in [5, 5.41) is 4.69. The van der Waals surface area contributed by atoms with Crippen LogP contribution < -0.4 is 5.32 Å². The van der Waals surface area contributed by atoms with Gasteiger partial charge in [0.15, 0.2) is 10.8 Å². The van der Waals surface area contributed by atoms with E-state index < -0.39 is 0 Å². The minimum absolute atomic E-state index is 0. The zero-order valence-corrected chi connectivity index (χ0v) is 17.5. The lowest BCUT2D eigenvalue weighted by Crippen LogP contribution is -2.48. The molecule has 0 saturated carbocycles. The molecule has 1 aromatic carbocycles. The Kier molecular flexibility index (Phi) is 6.61. The molecular formula is C19H19Cl2N5OS. The highest BCUT2D eigenvalue weighted by Gasteiger charge is 2.31. The van der Waals surface area contributed by atoms with Gasteiger partial charge >= 0.3 is 0 Å². The summed E-state index contributed by atoms with van der Waals surface area (Å²) in [4.78, 5) is 28.8. The maximum Gasteiger partial charge on any atom is 0.266 e. The number of hydrogen-bond donors (Lipinski definition) is 1. The molecule has 2 aromatic heterocycles. The highest BCUT2D eigenvalue weighted by atomic mass is 35.5. The molecule has 28 heavy (non-hydrogen) atoms. The SMILES string of the molecule is Cc1nc(-c2ncccn2)sc1C(=O)N1CCNCC1c1cccc(Cl)c1.Cl. The van der Waals surface area contributed by atoms with Gasteiger partial charge in [0.25, 0.3) is 5.91 Å². The van der Waals surface area contributed by atoms with Crippen LogP contribution in [0, 0.1) is 6.92 Å². The lowest BCUT2D eigenvalue weighted by Gasteiger charge is -2.36. The summed E-state index contributed by atoms with van der Waals surface area (Å²) in [5.74, 6) is 0.523. The molecular weight excluding hydrogens is 417 g/mol. The van der Waals surface area contributed by atoms with Crippen molar-refractivity contribution in [1.82, 2.24) is 25.2 Å². The van der Waals surface area contributed by atoms with Crippen molar-refractivity contribution in [1.29, 1.82) is 0 Å². The molecule has 0 aliphatic carbocycles. The van der Waals surface area contributed by atoms with Crippen LogP contribution in [0.4, 0.5) is 0 Å². The molecule has 3 aromatic rings. The number of nitrogens with zero attached hydrogens (tertiary/aromatic N) is 4. The average molecular weight is 436 g/mol. The fraction of sp³-hybridized carbons (Fsp3) is 0.263. The van der Waals surface area contributed by atoms with Crippen molar-refractivity contribution in [2.24, 2.45) is 0 Å². The van der Waals surface area contributed by atoms with E-state index >= 15 is 0 Å². The minimum atomic E-state index is -0.0668. The normalized spacial score (nSPS) is 16.5. The van der Waals surface area contributed by atoms with Gasteiger partial charge in [-0.2, -0.15) is 0 Å². The first-order valence-corrected chi connectivity index (χ1v) is 9.85. The van der Waals surface area contributed by atoms with Crippen molar-refractivity contribution in [2.45, 2.75) is 13.0 Å². The summed E-state index contributed by atoms with van der Waals surface area (Å²) in [6.45, 7) is 3.94. The first-order valence-electron chi connectivity index (χ1n) is 8.65. The molecule has 1 saturated heterocycles. The molecule has 1 fully saturated rings. The number of nitrogens with one attached hydrogen (secondary N) is 1. The van der Waals surface area contributed by atoms with Crippen LogP contribution in [0.2, 0.25) is 5.02 Å². The van der Waals surface area contributed by atoms with Crippen LogP contribution in [-0.4, -0.2) is 45.4 Å². The molecule has 146 valence electrons. The molecule has 0 bridgehead atoms. The second kappa shape index (κ2) is 8.96. The Balaban J connectivity index is 0.00000225. The minimum Gasteiger partial charge on any atom is -0.328 e. The van der Waals surface area contributed by atoms with E-state index in [4.69, 9.17) is 11.6 Å². The average Bonchev–Trinajstić information content (AvgIpc) is 3.10. The van der Waals surface area contributed by atoms with Gasteiger partial charge in [-0.1, -0.05) is 23.7 Å². The van der Waals surface area contributed by atoms with Gasteiger partial charge in [0.05, 0.1) is 11.7 Å². The number of aryl methyl sites for hydroxylation is 1. The van der Waals surface area contributed by atoms with E-state index in [1.54, 1.807) is 18.5 Å². The molecule has 1 amide bonds. The van der Waals surface area contributed by atoms with E-state index in [1.807, 2.05) is 36.1 Å². The monoisotopic (exact) mass is 435 g/mol. The fourth-order valence-electron chi connectivity index (χ4n) is 3.19. The Hall–Kier alpha value is -2.06. The topological polar surface area (TPSA) is 71.0 Å². The van der Waals surface area contributed by atoms with Crippen molar-refractivity contribution < 1.29 is 4.79 Å². The van der Waals surface area contributed by atoms with Crippen molar-refractivity contribution in [3.63, 3.8) is 0 Å². The maximum absolute atomic E-state index is 13.3. The van der Waals surface area contributed by atoms with Gasteiger partial charge in [-0.3, -0.25) is 4.79 Å². The van der Waals surface area contributed by atoms with Gasteiger partial charge < -0.3 is 10.2 Å². The van der Waals surface area contributed by atoms with Gasteiger partial charge in [-0.15, -0.1) is 23.7 Å². The third kappa shape index (κ3) is 4.17. The predicted molar refractivity (Wildman–Crippen MR) is 113 cm³/mol. The summed E-state index contributed by atoms with van der Waals surface area (Å²) in [6.07, 6.45) is 3.35. The summed E-state index contributed by atoms with van der Waals surface area (Å²) in [7, 11) is 0. The molecule has 1 N–H and O–H groups in total. The lowest BCUT2D eigenvalue weighted by molar-refractivity contribution is 0.0638. The number of piperazine rings is 1. The molecule has 1 unspecified atom stereocenters. The molecule has 0 spiro atoms. The van der Waals surface area contributed by atoms with Crippen molar-refractivity contribution in [3.05, 3.63) is 63.9 Å².